The van der Waals surface area contributed by atoms with Crippen LogP contribution in [0.25, 0.3) is 11.0 Å². The third-order valence-electron chi connectivity index (χ3n) is 4.51. The van der Waals surface area contributed by atoms with E-state index in [1.54, 1.807) is 40.5 Å². The summed E-state index contributed by atoms with van der Waals surface area (Å²) in [6.07, 6.45) is 0. The van der Waals surface area contributed by atoms with Gasteiger partial charge in [0.25, 0.3) is 5.91 Å². The molecule has 4 rings (SSSR count). The Bertz CT molecular complexity index is 1010. The fraction of sp³-hybridized carbons (Fsp3) is 0.263. The number of rotatable bonds is 3. The molecule has 3 aromatic rings. The van der Waals surface area contributed by atoms with Crippen molar-refractivity contribution in [3.8, 4) is 0 Å². The van der Waals surface area contributed by atoms with Crippen molar-refractivity contribution >= 4 is 39.8 Å². The molecule has 1 aliphatic rings. The molecule has 1 aliphatic heterocycles. The number of carbonyl (C=O) groups excluding carboxylic acids is 1. The normalized spacial score (nSPS) is 15.5. The van der Waals surface area contributed by atoms with Gasteiger partial charge in [-0.3, -0.25) is 14.5 Å². The zero-order valence-corrected chi connectivity index (χ0v) is 15.6. The summed E-state index contributed by atoms with van der Waals surface area (Å²) in [5.41, 5.74) is 0.250. The highest BCUT2D eigenvalue weighted by molar-refractivity contribution is 7.16. The Labute approximate surface area is 159 Å². The first kappa shape index (κ1) is 17.3. The molecule has 2 aromatic heterocycles. The summed E-state index contributed by atoms with van der Waals surface area (Å²) in [6, 6.07) is 12.2. The van der Waals surface area contributed by atoms with Crippen LogP contribution in [0.15, 0.2) is 51.7 Å². The molecular formula is C19H17ClN2O3S. The first-order chi connectivity index (χ1) is 12.6. The number of hydrogen-bond acceptors (Lipinski definition) is 5. The molecule has 1 saturated heterocycles. The highest BCUT2D eigenvalue weighted by Gasteiger charge is 2.24. The lowest BCUT2D eigenvalue weighted by molar-refractivity contribution is 0.0599. The van der Waals surface area contributed by atoms with Crippen molar-refractivity contribution in [3.63, 3.8) is 0 Å². The molecule has 1 aromatic carbocycles. The van der Waals surface area contributed by atoms with Gasteiger partial charge in [0.15, 0.2) is 11.2 Å². The van der Waals surface area contributed by atoms with E-state index in [1.807, 2.05) is 12.1 Å². The summed E-state index contributed by atoms with van der Waals surface area (Å²) in [4.78, 5) is 30.2. The predicted molar refractivity (Wildman–Crippen MR) is 103 cm³/mol. The molecule has 134 valence electrons. The minimum absolute atomic E-state index is 0.104. The standard InChI is InChI=1S/C19H17ClN2O3S/c20-18-6-5-13(26-18)12-21-7-9-22(10-8-21)19(24)17-11-15(23)14-3-1-2-4-16(14)25-17/h1-6,11H,7-10,12H2. The van der Waals surface area contributed by atoms with Gasteiger partial charge in [-0.1, -0.05) is 23.7 Å². The number of thiophene rings is 1. The second-order valence-corrected chi connectivity index (χ2v) is 8.04. The van der Waals surface area contributed by atoms with E-state index in [-0.39, 0.29) is 17.1 Å². The SMILES string of the molecule is O=C(c1cc(=O)c2ccccc2o1)N1CCN(Cc2ccc(Cl)s2)CC1. The highest BCUT2D eigenvalue weighted by Crippen LogP contribution is 2.23. The van der Waals surface area contributed by atoms with Crippen LogP contribution in [-0.4, -0.2) is 41.9 Å². The fourth-order valence-electron chi connectivity index (χ4n) is 3.13. The molecule has 0 bridgehead atoms. The zero-order chi connectivity index (χ0) is 18.1. The molecule has 7 heteroatoms. The lowest BCUT2D eigenvalue weighted by atomic mass is 10.2. The number of carbonyl (C=O) groups is 1. The van der Waals surface area contributed by atoms with E-state index in [0.717, 1.165) is 24.0 Å². The Hall–Kier alpha value is -2.15. The monoisotopic (exact) mass is 388 g/mol. The number of piperazine rings is 1. The number of hydrogen-bond donors (Lipinski definition) is 0. The number of halogens is 1. The summed E-state index contributed by atoms with van der Waals surface area (Å²) in [7, 11) is 0. The van der Waals surface area contributed by atoms with Crippen LogP contribution in [0, 0.1) is 0 Å². The van der Waals surface area contributed by atoms with Gasteiger partial charge in [0, 0.05) is 43.7 Å². The molecule has 0 aliphatic carbocycles. The summed E-state index contributed by atoms with van der Waals surface area (Å²) in [5.74, 6) is -0.126. The van der Waals surface area contributed by atoms with Crippen LogP contribution >= 0.6 is 22.9 Å². The van der Waals surface area contributed by atoms with Gasteiger partial charge >= 0.3 is 0 Å². The average Bonchev–Trinajstić information content (AvgIpc) is 3.06. The van der Waals surface area contributed by atoms with Crippen LogP contribution in [0.5, 0.6) is 0 Å². The number of nitrogens with zero attached hydrogens (tertiary/aromatic N) is 2. The molecule has 0 unspecified atom stereocenters. The van der Waals surface area contributed by atoms with Crippen molar-refractivity contribution in [2.45, 2.75) is 6.54 Å². The van der Waals surface area contributed by atoms with E-state index < -0.39 is 0 Å². The quantitative estimate of drug-likeness (QED) is 0.689. The van der Waals surface area contributed by atoms with Crippen LogP contribution in [-0.2, 0) is 6.54 Å². The number of amides is 1. The van der Waals surface area contributed by atoms with Crippen molar-refractivity contribution < 1.29 is 9.21 Å². The van der Waals surface area contributed by atoms with Gasteiger partial charge in [-0.2, -0.15) is 0 Å². The number of para-hydroxylation sites is 1. The Morgan fingerprint density at radius 2 is 1.88 bits per heavy atom. The molecule has 5 nitrogen and oxygen atoms in total. The van der Waals surface area contributed by atoms with Crippen molar-refractivity contribution in [3.05, 3.63) is 67.7 Å². The first-order valence-corrected chi connectivity index (χ1v) is 9.58. The maximum atomic E-state index is 12.7. The van der Waals surface area contributed by atoms with Gasteiger partial charge in [0.2, 0.25) is 0 Å². The summed E-state index contributed by atoms with van der Waals surface area (Å²) in [6.45, 7) is 3.60. The van der Waals surface area contributed by atoms with E-state index in [4.69, 9.17) is 16.0 Å². The van der Waals surface area contributed by atoms with E-state index in [0.29, 0.717) is 24.1 Å². The molecule has 1 fully saturated rings. The fourth-order valence-corrected chi connectivity index (χ4v) is 4.26. The Morgan fingerprint density at radius 1 is 1.12 bits per heavy atom. The van der Waals surface area contributed by atoms with E-state index >= 15 is 0 Å². The summed E-state index contributed by atoms with van der Waals surface area (Å²) < 4.78 is 6.46. The maximum Gasteiger partial charge on any atom is 0.289 e. The average molecular weight is 389 g/mol. The van der Waals surface area contributed by atoms with Crippen LogP contribution < -0.4 is 5.43 Å². The molecule has 0 radical (unpaired) electrons. The van der Waals surface area contributed by atoms with E-state index in [9.17, 15) is 9.59 Å². The minimum atomic E-state index is -0.230. The van der Waals surface area contributed by atoms with Crippen molar-refractivity contribution in [2.75, 3.05) is 26.2 Å². The van der Waals surface area contributed by atoms with E-state index in [2.05, 4.69) is 4.90 Å². The second kappa shape index (κ2) is 7.23. The van der Waals surface area contributed by atoms with Crippen LogP contribution in [0.2, 0.25) is 4.34 Å². The summed E-state index contributed by atoms with van der Waals surface area (Å²) >= 11 is 7.56. The van der Waals surface area contributed by atoms with Crippen molar-refractivity contribution in [1.29, 1.82) is 0 Å². The molecule has 1 amide bonds. The molecule has 0 N–H and O–H groups in total. The van der Waals surface area contributed by atoms with Crippen molar-refractivity contribution in [1.82, 2.24) is 9.80 Å². The van der Waals surface area contributed by atoms with E-state index in [1.165, 1.54) is 10.9 Å². The second-order valence-electron chi connectivity index (χ2n) is 6.25. The molecule has 3 heterocycles. The number of fused-ring (bicyclic) bond motifs is 1. The molecule has 0 spiro atoms. The van der Waals surface area contributed by atoms with Crippen molar-refractivity contribution in [2.24, 2.45) is 0 Å². The molecule has 0 saturated carbocycles. The topological polar surface area (TPSA) is 53.8 Å². The third-order valence-corrected chi connectivity index (χ3v) is 5.73. The third kappa shape index (κ3) is 3.53. The van der Waals surface area contributed by atoms with Gasteiger partial charge < -0.3 is 9.32 Å². The lowest BCUT2D eigenvalue weighted by Crippen LogP contribution is -2.48. The van der Waals surface area contributed by atoms with Gasteiger partial charge in [0.05, 0.1) is 9.72 Å². The summed E-state index contributed by atoms with van der Waals surface area (Å²) in [5, 5.41) is 0.489. The molecular weight excluding hydrogens is 372 g/mol. The maximum absolute atomic E-state index is 12.7. The van der Waals surface area contributed by atoms with Gasteiger partial charge in [0.1, 0.15) is 5.58 Å². The van der Waals surface area contributed by atoms with Gasteiger partial charge in [-0.25, -0.2) is 0 Å². The Morgan fingerprint density at radius 3 is 2.62 bits per heavy atom. The lowest BCUT2D eigenvalue weighted by Gasteiger charge is -2.34. The largest absolute Gasteiger partial charge is 0.451 e. The highest BCUT2D eigenvalue weighted by atomic mass is 35.5. The van der Waals surface area contributed by atoms with Gasteiger partial charge in [-0.05, 0) is 24.3 Å². The minimum Gasteiger partial charge on any atom is -0.451 e. The molecule has 0 atom stereocenters. The van der Waals surface area contributed by atoms with Crippen LogP contribution in [0.4, 0.5) is 0 Å². The first-order valence-electron chi connectivity index (χ1n) is 8.39. The van der Waals surface area contributed by atoms with Crippen LogP contribution in [0.1, 0.15) is 15.4 Å². The van der Waals surface area contributed by atoms with Crippen LogP contribution in [0.3, 0.4) is 0 Å². The van der Waals surface area contributed by atoms with Gasteiger partial charge in [-0.15, -0.1) is 11.3 Å². The molecule has 26 heavy (non-hydrogen) atoms. The Balaban J connectivity index is 1.44. The number of benzene rings is 1. The Kier molecular flexibility index (Phi) is 4.80. The predicted octanol–water partition coefficient (Wildman–Crippen LogP) is 3.47. The smallest absolute Gasteiger partial charge is 0.289 e. The zero-order valence-electron chi connectivity index (χ0n) is 14.0.